The molecule has 0 bridgehead atoms. The van der Waals surface area contributed by atoms with E-state index >= 15 is 0 Å². The van der Waals surface area contributed by atoms with E-state index in [0.29, 0.717) is 29.5 Å². The Labute approximate surface area is 152 Å². The van der Waals surface area contributed by atoms with Crippen LogP contribution in [0.25, 0.3) is 11.1 Å². The van der Waals surface area contributed by atoms with Crippen molar-refractivity contribution in [2.24, 2.45) is 11.8 Å². The Kier molecular flexibility index (Phi) is 6.16. The fraction of sp³-hybridized carbons (Fsp3) is 0.400. The Morgan fingerprint density at radius 2 is 1.58 bits per heavy atom. The molecule has 0 aliphatic rings. The molecule has 0 unspecified atom stereocenters. The van der Waals surface area contributed by atoms with Crippen LogP contribution in [0, 0.1) is 11.8 Å². The number of benzene rings is 1. The first-order valence-electron chi connectivity index (χ1n) is 8.30. The average Bonchev–Trinajstić information content (AvgIpc) is 2.47. The molecule has 1 heterocycles. The highest BCUT2D eigenvalue weighted by molar-refractivity contribution is 9.10. The van der Waals surface area contributed by atoms with Crippen molar-refractivity contribution in [2.75, 3.05) is 0 Å². The number of pyridine rings is 1. The van der Waals surface area contributed by atoms with E-state index in [9.17, 15) is 9.90 Å². The van der Waals surface area contributed by atoms with Gasteiger partial charge < -0.3 is 5.11 Å². The second-order valence-electron chi connectivity index (χ2n) is 6.98. The summed E-state index contributed by atoms with van der Waals surface area (Å²) < 4.78 is 1.000. The molecule has 0 aliphatic heterocycles. The van der Waals surface area contributed by atoms with Gasteiger partial charge in [0.1, 0.15) is 0 Å². The van der Waals surface area contributed by atoms with Gasteiger partial charge in [-0.2, -0.15) is 0 Å². The lowest BCUT2D eigenvalue weighted by Gasteiger charge is -2.16. The number of carboxylic acid groups (broad SMARTS) is 1. The maximum absolute atomic E-state index is 11.7. The van der Waals surface area contributed by atoms with E-state index in [4.69, 9.17) is 4.98 Å². The molecule has 1 aromatic heterocycles. The largest absolute Gasteiger partial charge is 0.478 e. The van der Waals surface area contributed by atoms with E-state index in [-0.39, 0.29) is 0 Å². The first kappa shape index (κ1) is 18.7. The molecule has 128 valence electrons. The number of carboxylic acids is 1. The third-order valence-electron chi connectivity index (χ3n) is 3.77. The van der Waals surface area contributed by atoms with E-state index in [1.54, 1.807) is 6.07 Å². The van der Waals surface area contributed by atoms with E-state index in [1.165, 1.54) is 0 Å². The molecular formula is C20H24BrNO2. The van der Waals surface area contributed by atoms with E-state index < -0.39 is 5.97 Å². The Morgan fingerprint density at radius 1 is 1.04 bits per heavy atom. The maximum Gasteiger partial charge on any atom is 0.337 e. The normalized spacial score (nSPS) is 11.3. The smallest absolute Gasteiger partial charge is 0.337 e. The third-order valence-corrected chi connectivity index (χ3v) is 4.30. The molecular weight excluding hydrogens is 366 g/mol. The number of hydrogen-bond acceptors (Lipinski definition) is 2. The fourth-order valence-corrected chi connectivity index (χ4v) is 3.01. The Bertz CT molecular complexity index is 721. The molecule has 1 aromatic carbocycles. The number of hydrogen-bond donors (Lipinski definition) is 1. The summed E-state index contributed by atoms with van der Waals surface area (Å²) in [5.74, 6) is -0.0945. The van der Waals surface area contributed by atoms with Gasteiger partial charge in [0.2, 0.25) is 0 Å². The number of aromatic nitrogens is 1. The highest BCUT2D eigenvalue weighted by atomic mass is 79.9. The number of aromatic carboxylic acids is 1. The van der Waals surface area contributed by atoms with Crippen molar-refractivity contribution in [3.63, 3.8) is 0 Å². The summed E-state index contributed by atoms with van der Waals surface area (Å²) in [6.45, 7) is 8.47. The van der Waals surface area contributed by atoms with Gasteiger partial charge in [-0.1, -0.05) is 55.8 Å². The monoisotopic (exact) mass is 389 g/mol. The third kappa shape index (κ3) is 4.67. The summed E-state index contributed by atoms with van der Waals surface area (Å²) in [7, 11) is 0. The van der Waals surface area contributed by atoms with Crippen LogP contribution in [0.4, 0.5) is 0 Å². The van der Waals surface area contributed by atoms with Gasteiger partial charge >= 0.3 is 5.97 Å². The molecule has 0 aliphatic carbocycles. The summed E-state index contributed by atoms with van der Waals surface area (Å²) in [6, 6.07) is 9.74. The lowest BCUT2D eigenvalue weighted by molar-refractivity contribution is 0.0695. The standard InChI is InChI=1S/C20H24BrNO2/c1-12(2)9-18-16(14-5-7-15(21)8-6-14)11-17(20(23)24)19(22-18)10-13(3)4/h5-8,11-13H,9-10H2,1-4H3,(H,23,24). The Hall–Kier alpha value is -1.68. The van der Waals surface area contributed by atoms with Crippen LogP contribution >= 0.6 is 15.9 Å². The molecule has 1 N–H and O–H groups in total. The van der Waals surface area contributed by atoms with Crippen molar-refractivity contribution in [2.45, 2.75) is 40.5 Å². The molecule has 0 fully saturated rings. The maximum atomic E-state index is 11.7. The summed E-state index contributed by atoms with van der Waals surface area (Å²) >= 11 is 3.44. The summed E-state index contributed by atoms with van der Waals surface area (Å²) in [5.41, 5.74) is 3.90. The first-order valence-corrected chi connectivity index (χ1v) is 9.09. The van der Waals surface area contributed by atoms with Gasteiger partial charge in [0, 0.05) is 15.7 Å². The van der Waals surface area contributed by atoms with Crippen molar-refractivity contribution >= 4 is 21.9 Å². The van der Waals surface area contributed by atoms with Gasteiger partial charge in [-0.3, -0.25) is 4.98 Å². The molecule has 0 atom stereocenters. The van der Waals surface area contributed by atoms with Crippen molar-refractivity contribution in [1.29, 1.82) is 0 Å². The van der Waals surface area contributed by atoms with Crippen LogP contribution in [0.15, 0.2) is 34.8 Å². The van der Waals surface area contributed by atoms with Crippen LogP contribution in [0.1, 0.15) is 49.4 Å². The molecule has 3 nitrogen and oxygen atoms in total. The predicted octanol–water partition coefficient (Wildman–Crippen LogP) is 5.61. The van der Waals surface area contributed by atoms with Crippen LogP contribution in [0.2, 0.25) is 0 Å². The summed E-state index contributed by atoms with van der Waals surface area (Å²) in [6.07, 6.45) is 1.50. The van der Waals surface area contributed by atoms with Gasteiger partial charge in [0.15, 0.2) is 0 Å². The number of carbonyl (C=O) groups is 1. The average molecular weight is 390 g/mol. The van der Waals surface area contributed by atoms with E-state index in [0.717, 1.165) is 27.7 Å². The number of rotatable bonds is 6. The molecule has 2 rings (SSSR count). The van der Waals surface area contributed by atoms with Crippen LogP contribution in [-0.4, -0.2) is 16.1 Å². The molecule has 0 radical (unpaired) electrons. The van der Waals surface area contributed by atoms with Crippen molar-refractivity contribution in [1.82, 2.24) is 4.98 Å². The Morgan fingerprint density at radius 3 is 2.08 bits per heavy atom. The van der Waals surface area contributed by atoms with Crippen LogP contribution in [0.3, 0.4) is 0 Å². The molecule has 0 saturated carbocycles. The van der Waals surface area contributed by atoms with E-state index in [1.807, 2.05) is 24.3 Å². The molecule has 4 heteroatoms. The molecule has 2 aromatic rings. The van der Waals surface area contributed by atoms with Crippen LogP contribution in [0.5, 0.6) is 0 Å². The van der Waals surface area contributed by atoms with Crippen molar-refractivity contribution in [3.8, 4) is 11.1 Å². The Balaban J connectivity index is 2.64. The van der Waals surface area contributed by atoms with E-state index in [2.05, 4.69) is 43.6 Å². The predicted molar refractivity (Wildman–Crippen MR) is 101 cm³/mol. The fourth-order valence-electron chi connectivity index (χ4n) is 2.74. The van der Waals surface area contributed by atoms with Crippen molar-refractivity contribution in [3.05, 3.63) is 51.8 Å². The quantitative estimate of drug-likeness (QED) is 0.698. The highest BCUT2D eigenvalue weighted by Crippen LogP contribution is 2.29. The molecule has 24 heavy (non-hydrogen) atoms. The lowest BCUT2D eigenvalue weighted by atomic mass is 9.94. The molecule has 0 amide bonds. The van der Waals surface area contributed by atoms with Gasteiger partial charge in [0.05, 0.1) is 11.3 Å². The zero-order valence-corrected chi connectivity index (χ0v) is 16.2. The zero-order chi connectivity index (χ0) is 17.9. The summed E-state index contributed by atoms with van der Waals surface area (Å²) in [4.78, 5) is 16.5. The topological polar surface area (TPSA) is 50.2 Å². The minimum Gasteiger partial charge on any atom is -0.478 e. The van der Waals surface area contributed by atoms with Crippen LogP contribution < -0.4 is 0 Å². The van der Waals surface area contributed by atoms with Crippen molar-refractivity contribution < 1.29 is 9.90 Å². The number of nitrogens with zero attached hydrogens (tertiary/aromatic N) is 1. The first-order chi connectivity index (χ1) is 11.3. The van der Waals surface area contributed by atoms with Gasteiger partial charge in [0.25, 0.3) is 0 Å². The van der Waals surface area contributed by atoms with Gasteiger partial charge in [-0.15, -0.1) is 0 Å². The van der Waals surface area contributed by atoms with Gasteiger partial charge in [-0.05, 0) is 48.4 Å². The number of halogens is 1. The lowest BCUT2D eigenvalue weighted by Crippen LogP contribution is -2.12. The minimum atomic E-state index is -0.910. The molecule has 0 saturated heterocycles. The van der Waals surface area contributed by atoms with Gasteiger partial charge in [-0.25, -0.2) is 4.79 Å². The SMILES string of the molecule is CC(C)Cc1nc(CC(C)C)c(-c2ccc(Br)cc2)cc1C(=O)O. The zero-order valence-electron chi connectivity index (χ0n) is 14.6. The minimum absolute atomic E-state index is 0.314. The summed E-state index contributed by atoms with van der Waals surface area (Å²) in [5, 5.41) is 9.62. The van der Waals surface area contributed by atoms with Crippen LogP contribution in [-0.2, 0) is 12.8 Å². The second-order valence-corrected chi connectivity index (χ2v) is 7.90. The highest BCUT2D eigenvalue weighted by Gasteiger charge is 2.19. The molecule has 0 spiro atoms. The second kappa shape index (κ2) is 7.93.